The Morgan fingerprint density at radius 1 is 0.963 bits per heavy atom. The molecule has 0 unspecified atom stereocenters. The summed E-state index contributed by atoms with van der Waals surface area (Å²) in [5, 5.41) is 2.18. The molecule has 5 rings (SSSR count). The van der Waals surface area contributed by atoms with Gasteiger partial charge in [0.1, 0.15) is 11.9 Å². The van der Waals surface area contributed by atoms with Gasteiger partial charge in [-0.1, -0.05) is 60.3 Å². The zero-order valence-corrected chi connectivity index (χ0v) is 16.3. The number of fused-ring (bicyclic) bond motifs is 1. The molecule has 2 aromatic rings. The second kappa shape index (κ2) is 7.57. The molecule has 2 aliphatic heterocycles. The van der Waals surface area contributed by atoms with E-state index in [1.807, 2.05) is 0 Å². The Morgan fingerprint density at radius 2 is 1.78 bits per heavy atom. The van der Waals surface area contributed by atoms with Crippen molar-refractivity contribution < 1.29 is 4.74 Å². The molecule has 2 atom stereocenters. The van der Waals surface area contributed by atoms with Crippen LogP contribution in [-0.4, -0.2) is 24.0 Å². The summed E-state index contributed by atoms with van der Waals surface area (Å²) in [7, 11) is 0. The van der Waals surface area contributed by atoms with Crippen LogP contribution in [0.4, 0.5) is 0 Å². The smallest absolute Gasteiger partial charge is 0.140 e. The molecule has 27 heavy (non-hydrogen) atoms. The number of thioether (sulfide) groups is 1. The van der Waals surface area contributed by atoms with E-state index in [-0.39, 0.29) is 6.10 Å². The van der Waals surface area contributed by atoms with Crippen molar-refractivity contribution in [2.24, 2.45) is 0 Å². The largest absolute Gasteiger partial charge is 0.484 e. The zero-order valence-electron chi connectivity index (χ0n) is 15.5. The highest BCUT2D eigenvalue weighted by molar-refractivity contribution is 8.11. The van der Waals surface area contributed by atoms with E-state index in [1.165, 1.54) is 47.5 Å². The lowest BCUT2D eigenvalue weighted by Crippen LogP contribution is -2.37. The lowest BCUT2D eigenvalue weighted by atomic mass is 10.1. The summed E-state index contributed by atoms with van der Waals surface area (Å²) in [5.74, 6) is 0.974. The molecule has 138 valence electrons. The zero-order chi connectivity index (χ0) is 18.1. The third-order valence-electron chi connectivity index (χ3n) is 5.88. The summed E-state index contributed by atoms with van der Waals surface area (Å²) >= 11 is 1.80. The minimum absolute atomic E-state index is 0.136. The maximum Gasteiger partial charge on any atom is 0.140 e. The van der Waals surface area contributed by atoms with E-state index in [0.29, 0.717) is 6.04 Å². The molecular weight excluding hydrogens is 350 g/mol. The third-order valence-corrected chi connectivity index (χ3v) is 6.87. The van der Waals surface area contributed by atoms with Gasteiger partial charge >= 0.3 is 0 Å². The van der Waals surface area contributed by atoms with Gasteiger partial charge in [0.15, 0.2) is 0 Å². The Kier molecular flexibility index (Phi) is 4.81. The topological polar surface area (TPSA) is 12.5 Å². The van der Waals surface area contributed by atoms with E-state index in [0.717, 1.165) is 18.6 Å². The first kappa shape index (κ1) is 17.2. The normalized spacial score (nSPS) is 24.7. The Labute approximate surface area is 165 Å². The first-order valence-electron chi connectivity index (χ1n) is 9.99. The number of ether oxygens (including phenoxy) is 1. The van der Waals surface area contributed by atoms with E-state index in [2.05, 4.69) is 71.0 Å². The number of allylic oxidation sites excluding steroid dienone is 2. The molecule has 1 saturated heterocycles. The lowest BCUT2D eigenvalue weighted by Gasteiger charge is -2.30. The average Bonchev–Trinajstić information content (AvgIpc) is 3.38. The number of rotatable bonds is 4. The van der Waals surface area contributed by atoms with Gasteiger partial charge in [0, 0.05) is 4.91 Å². The standard InChI is InChI=1S/C24H25NOS/c1-2-8-21-19(7-1)17-22(25-14-4-5-15-25)24(21)26-20-12-10-18(11-13-20)23-9-3-6-16-27-23/h1-2,6-13,16,22,24H,3-5,14-15,17H2/t22-,24-/m0/s1. The number of hydrogen-bond acceptors (Lipinski definition) is 3. The maximum atomic E-state index is 6.59. The maximum absolute atomic E-state index is 6.59. The number of likely N-dealkylation sites (tertiary alicyclic amines) is 1. The van der Waals surface area contributed by atoms with Gasteiger partial charge in [0.05, 0.1) is 6.04 Å². The van der Waals surface area contributed by atoms with Gasteiger partial charge in [0.25, 0.3) is 0 Å². The first-order valence-corrected chi connectivity index (χ1v) is 10.9. The molecule has 3 heteroatoms. The molecule has 0 radical (unpaired) electrons. The van der Waals surface area contributed by atoms with Crippen LogP contribution < -0.4 is 4.74 Å². The van der Waals surface area contributed by atoms with E-state index < -0.39 is 0 Å². The molecule has 0 bridgehead atoms. The number of nitrogens with zero attached hydrogens (tertiary/aromatic N) is 1. The fourth-order valence-electron chi connectivity index (χ4n) is 4.50. The summed E-state index contributed by atoms with van der Waals surface area (Å²) in [4.78, 5) is 3.97. The fraction of sp³-hybridized carbons (Fsp3) is 0.333. The van der Waals surface area contributed by atoms with Crippen LogP contribution in [0.3, 0.4) is 0 Å². The molecule has 2 aromatic carbocycles. The van der Waals surface area contributed by atoms with Crippen LogP contribution in [0.15, 0.2) is 66.1 Å². The Morgan fingerprint density at radius 3 is 2.56 bits per heavy atom. The second-order valence-electron chi connectivity index (χ2n) is 7.57. The summed E-state index contributed by atoms with van der Waals surface area (Å²) in [6.45, 7) is 2.41. The monoisotopic (exact) mass is 375 g/mol. The quantitative estimate of drug-likeness (QED) is 0.668. The summed E-state index contributed by atoms with van der Waals surface area (Å²) in [6.07, 6.45) is 9.38. The van der Waals surface area contributed by atoms with Crippen molar-refractivity contribution in [2.45, 2.75) is 37.8 Å². The number of hydrogen-bond donors (Lipinski definition) is 0. The highest BCUT2D eigenvalue weighted by atomic mass is 32.2. The van der Waals surface area contributed by atoms with Gasteiger partial charge in [-0.2, -0.15) is 0 Å². The van der Waals surface area contributed by atoms with Gasteiger partial charge < -0.3 is 4.74 Å². The van der Waals surface area contributed by atoms with Crippen molar-refractivity contribution in [3.05, 3.63) is 82.8 Å². The van der Waals surface area contributed by atoms with Gasteiger partial charge in [0.2, 0.25) is 0 Å². The van der Waals surface area contributed by atoms with Crippen molar-refractivity contribution in [1.29, 1.82) is 0 Å². The minimum Gasteiger partial charge on any atom is -0.484 e. The van der Waals surface area contributed by atoms with Crippen molar-refractivity contribution in [3.8, 4) is 5.75 Å². The van der Waals surface area contributed by atoms with Crippen LogP contribution in [0.25, 0.3) is 4.91 Å². The van der Waals surface area contributed by atoms with Crippen molar-refractivity contribution >= 4 is 16.7 Å². The molecule has 0 spiro atoms. The predicted octanol–water partition coefficient (Wildman–Crippen LogP) is 5.82. The highest BCUT2D eigenvalue weighted by Gasteiger charge is 2.38. The Bertz CT molecular complexity index is 864. The molecule has 2 heterocycles. The van der Waals surface area contributed by atoms with Gasteiger partial charge in [-0.25, -0.2) is 0 Å². The van der Waals surface area contributed by atoms with Crippen molar-refractivity contribution in [2.75, 3.05) is 13.1 Å². The van der Waals surface area contributed by atoms with Crippen molar-refractivity contribution in [1.82, 2.24) is 4.90 Å². The summed E-state index contributed by atoms with van der Waals surface area (Å²) < 4.78 is 6.59. The molecular formula is C24H25NOS. The molecule has 2 nitrogen and oxygen atoms in total. The van der Waals surface area contributed by atoms with Crippen LogP contribution in [0.2, 0.25) is 0 Å². The van der Waals surface area contributed by atoms with E-state index in [1.54, 1.807) is 11.8 Å². The van der Waals surface area contributed by atoms with E-state index >= 15 is 0 Å². The van der Waals surface area contributed by atoms with Gasteiger partial charge in [-0.3, -0.25) is 4.90 Å². The molecule has 0 saturated carbocycles. The molecule has 1 aliphatic carbocycles. The minimum atomic E-state index is 0.136. The van der Waals surface area contributed by atoms with Gasteiger partial charge in [-0.15, -0.1) is 0 Å². The summed E-state index contributed by atoms with van der Waals surface area (Å²) in [6, 6.07) is 17.9. The predicted molar refractivity (Wildman–Crippen MR) is 114 cm³/mol. The van der Waals surface area contributed by atoms with Crippen LogP contribution in [0.1, 0.15) is 42.1 Å². The SMILES string of the molecule is C1=CSC(c2ccc(O[C@H]3c4ccccc4C[C@@H]3N3CCCC3)cc2)=CC1. The lowest BCUT2D eigenvalue weighted by molar-refractivity contribution is 0.0941. The van der Waals surface area contributed by atoms with E-state index in [4.69, 9.17) is 4.74 Å². The third kappa shape index (κ3) is 3.46. The van der Waals surface area contributed by atoms with Crippen molar-refractivity contribution in [3.63, 3.8) is 0 Å². The average molecular weight is 376 g/mol. The van der Waals surface area contributed by atoms with Crippen LogP contribution in [0, 0.1) is 0 Å². The molecule has 0 aromatic heterocycles. The van der Waals surface area contributed by atoms with Crippen LogP contribution in [-0.2, 0) is 6.42 Å². The van der Waals surface area contributed by atoms with Crippen LogP contribution in [0.5, 0.6) is 5.75 Å². The molecule has 1 fully saturated rings. The molecule has 3 aliphatic rings. The molecule has 0 N–H and O–H groups in total. The second-order valence-corrected chi connectivity index (χ2v) is 8.52. The Hall–Kier alpha value is -1.97. The first-order chi connectivity index (χ1) is 13.4. The van der Waals surface area contributed by atoms with E-state index in [9.17, 15) is 0 Å². The highest BCUT2D eigenvalue weighted by Crippen LogP contribution is 2.39. The Balaban J connectivity index is 1.38. The fourth-order valence-corrected chi connectivity index (χ4v) is 5.32. The molecule has 0 amide bonds. The van der Waals surface area contributed by atoms with Crippen LogP contribution >= 0.6 is 11.8 Å². The summed E-state index contributed by atoms with van der Waals surface area (Å²) in [5.41, 5.74) is 4.10. The number of benzene rings is 2. The van der Waals surface area contributed by atoms with Gasteiger partial charge in [-0.05, 0) is 73.0 Å².